The van der Waals surface area contributed by atoms with E-state index >= 15 is 0 Å². The molecule has 0 aromatic carbocycles. The highest BCUT2D eigenvalue weighted by molar-refractivity contribution is 5.79. The van der Waals surface area contributed by atoms with Gasteiger partial charge in [0.25, 0.3) is 0 Å². The lowest BCUT2D eigenvalue weighted by atomic mass is 10.1. The third-order valence-electron chi connectivity index (χ3n) is 3.04. The number of hydrogen-bond acceptors (Lipinski definition) is 4. The summed E-state index contributed by atoms with van der Waals surface area (Å²) < 4.78 is 10.6. The molecule has 1 heterocycles. The lowest BCUT2D eigenvalue weighted by Crippen LogP contribution is -2.49. The van der Waals surface area contributed by atoms with Gasteiger partial charge < -0.3 is 14.4 Å². The van der Waals surface area contributed by atoms with Crippen LogP contribution < -0.4 is 11.3 Å². The van der Waals surface area contributed by atoms with Gasteiger partial charge in [0.05, 0.1) is 6.10 Å². The van der Waals surface area contributed by atoms with Crippen molar-refractivity contribution in [2.24, 2.45) is 10.8 Å². The van der Waals surface area contributed by atoms with E-state index in [1.54, 1.807) is 7.11 Å². The number of nitrogens with two attached hydrogens (primary N) is 1. The third kappa shape index (κ3) is 5.20. The fourth-order valence-corrected chi connectivity index (χ4v) is 2.10. The summed E-state index contributed by atoms with van der Waals surface area (Å²) in [5.41, 5.74) is 2.69. The number of likely N-dealkylation sites (tertiary alicyclic amines) is 1. The standard InChI is InChI=1S/C12H26N4O2/c1-3-18-11-5-8-16(9-6-11)12(15-13)14-7-4-10-17-2/h11H,3-10,13H2,1-2H3,(H,14,15). The Morgan fingerprint density at radius 1 is 1.44 bits per heavy atom. The van der Waals surface area contributed by atoms with Crippen LogP contribution in [0.25, 0.3) is 0 Å². The molecule has 0 radical (unpaired) electrons. The van der Waals surface area contributed by atoms with E-state index in [1.165, 1.54) is 0 Å². The van der Waals surface area contributed by atoms with E-state index in [4.69, 9.17) is 15.3 Å². The average molecular weight is 258 g/mol. The fraction of sp³-hybridized carbons (Fsp3) is 0.917. The molecule has 0 unspecified atom stereocenters. The predicted molar refractivity (Wildman–Crippen MR) is 72.3 cm³/mol. The maximum Gasteiger partial charge on any atom is 0.208 e. The van der Waals surface area contributed by atoms with Crippen molar-refractivity contribution in [3.05, 3.63) is 0 Å². The molecule has 0 saturated carbocycles. The highest BCUT2D eigenvalue weighted by Crippen LogP contribution is 2.13. The van der Waals surface area contributed by atoms with Gasteiger partial charge in [0.2, 0.25) is 5.96 Å². The molecule has 1 saturated heterocycles. The smallest absolute Gasteiger partial charge is 0.208 e. The molecule has 1 rings (SSSR count). The second-order valence-electron chi connectivity index (χ2n) is 4.34. The van der Waals surface area contributed by atoms with Gasteiger partial charge in [0.1, 0.15) is 0 Å². The number of nitrogens with one attached hydrogen (secondary N) is 1. The second kappa shape index (κ2) is 9.13. The minimum absolute atomic E-state index is 0.388. The van der Waals surface area contributed by atoms with Crippen molar-refractivity contribution < 1.29 is 9.47 Å². The molecule has 18 heavy (non-hydrogen) atoms. The van der Waals surface area contributed by atoms with E-state index in [-0.39, 0.29) is 0 Å². The molecule has 3 N–H and O–H groups in total. The van der Waals surface area contributed by atoms with Gasteiger partial charge in [-0.25, -0.2) is 5.84 Å². The van der Waals surface area contributed by atoms with Crippen molar-refractivity contribution in [2.75, 3.05) is 40.0 Å². The maximum atomic E-state index is 5.62. The summed E-state index contributed by atoms with van der Waals surface area (Å²) in [6.45, 7) is 6.18. The molecular formula is C12H26N4O2. The van der Waals surface area contributed by atoms with Gasteiger partial charge in [0.15, 0.2) is 0 Å². The summed E-state index contributed by atoms with van der Waals surface area (Å²) in [5.74, 6) is 6.31. The van der Waals surface area contributed by atoms with Crippen LogP contribution in [-0.2, 0) is 9.47 Å². The van der Waals surface area contributed by atoms with Gasteiger partial charge in [-0.15, -0.1) is 0 Å². The van der Waals surface area contributed by atoms with Crippen molar-refractivity contribution in [2.45, 2.75) is 32.3 Å². The summed E-state index contributed by atoms with van der Waals surface area (Å²) in [6.07, 6.45) is 3.37. The van der Waals surface area contributed by atoms with Crippen molar-refractivity contribution in [3.63, 3.8) is 0 Å². The van der Waals surface area contributed by atoms with E-state index in [1.807, 2.05) is 6.92 Å². The van der Waals surface area contributed by atoms with E-state index in [2.05, 4.69) is 15.3 Å². The number of guanidine groups is 1. The predicted octanol–water partition coefficient (Wildman–Crippen LogP) is 0.343. The van der Waals surface area contributed by atoms with Crippen LogP contribution in [0.1, 0.15) is 26.2 Å². The van der Waals surface area contributed by atoms with E-state index in [0.29, 0.717) is 6.10 Å². The Bertz CT molecular complexity index is 240. The van der Waals surface area contributed by atoms with Crippen LogP contribution >= 0.6 is 0 Å². The zero-order valence-corrected chi connectivity index (χ0v) is 11.5. The lowest BCUT2D eigenvalue weighted by molar-refractivity contribution is 0.0263. The number of hydrazine groups is 1. The SMILES string of the molecule is CCOC1CCN(C(=NCCCOC)NN)CC1. The molecule has 0 bridgehead atoms. The molecule has 0 aliphatic carbocycles. The van der Waals surface area contributed by atoms with Gasteiger partial charge in [-0.2, -0.15) is 0 Å². The van der Waals surface area contributed by atoms with Gasteiger partial charge in [0, 0.05) is 40.0 Å². The van der Waals surface area contributed by atoms with Crippen molar-refractivity contribution in [1.82, 2.24) is 10.3 Å². The van der Waals surface area contributed by atoms with Gasteiger partial charge in [-0.1, -0.05) is 0 Å². The summed E-state index contributed by atoms with van der Waals surface area (Å²) in [5, 5.41) is 0. The first kappa shape index (κ1) is 15.2. The molecule has 106 valence electrons. The zero-order valence-electron chi connectivity index (χ0n) is 11.5. The molecule has 6 nitrogen and oxygen atoms in total. The number of hydrogen-bond donors (Lipinski definition) is 2. The largest absolute Gasteiger partial charge is 0.385 e. The molecule has 6 heteroatoms. The molecule has 1 fully saturated rings. The number of nitrogens with zero attached hydrogens (tertiary/aromatic N) is 2. The van der Waals surface area contributed by atoms with E-state index in [0.717, 1.165) is 58.1 Å². The number of ether oxygens (including phenoxy) is 2. The Balaban J connectivity index is 2.33. The quantitative estimate of drug-likeness (QED) is 0.236. The third-order valence-corrected chi connectivity index (χ3v) is 3.04. The van der Waals surface area contributed by atoms with Crippen LogP contribution in [0, 0.1) is 0 Å². The van der Waals surface area contributed by atoms with Crippen LogP contribution in [0.4, 0.5) is 0 Å². The van der Waals surface area contributed by atoms with Crippen LogP contribution in [-0.4, -0.2) is 56.9 Å². The number of rotatable bonds is 6. The molecule has 0 atom stereocenters. The van der Waals surface area contributed by atoms with Crippen molar-refractivity contribution in [1.29, 1.82) is 0 Å². The number of methoxy groups -OCH3 is 1. The van der Waals surface area contributed by atoms with Gasteiger partial charge in [-0.05, 0) is 26.2 Å². The summed E-state index contributed by atoms with van der Waals surface area (Å²) in [6, 6.07) is 0. The van der Waals surface area contributed by atoms with Crippen molar-refractivity contribution in [3.8, 4) is 0 Å². The Labute approximate surface area is 109 Å². The van der Waals surface area contributed by atoms with E-state index in [9.17, 15) is 0 Å². The first-order valence-electron chi connectivity index (χ1n) is 6.68. The second-order valence-corrected chi connectivity index (χ2v) is 4.34. The summed E-state index contributed by atoms with van der Waals surface area (Å²) in [7, 11) is 1.70. The first-order valence-corrected chi connectivity index (χ1v) is 6.68. The molecule has 0 amide bonds. The summed E-state index contributed by atoms with van der Waals surface area (Å²) in [4.78, 5) is 6.64. The fourth-order valence-electron chi connectivity index (χ4n) is 2.10. The van der Waals surface area contributed by atoms with Crippen LogP contribution in [0.3, 0.4) is 0 Å². The molecule has 1 aliphatic rings. The topological polar surface area (TPSA) is 72.1 Å². The normalized spacial score (nSPS) is 18.2. The monoisotopic (exact) mass is 258 g/mol. The Morgan fingerprint density at radius 3 is 2.72 bits per heavy atom. The molecule has 0 aromatic heterocycles. The average Bonchev–Trinajstić information content (AvgIpc) is 2.41. The minimum atomic E-state index is 0.388. The van der Waals surface area contributed by atoms with Crippen LogP contribution in [0.2, 0.25) is 0 Å². The Hall–Kier alpha value is -0.850. The maximum absolute atomic E-state index is 5.62. The van der Waals surface area contributed by atoms with Gasteiger partial charge in [-0.3, -0.25) is 10.4 Å². The minimum Gasteiger partial charge on any atom is -0.385 e. The molecular weight excluding hydrogens is 232 g/mol. The first-order chi connectivity index (χ1) is 8.81. The Kier molecular flexibility index (Phi) is 7.71. The van der Waals surface area contributed by atoms with Crippen LogP contribution in [0.5, 0.6) is 0 Å². The lowest BCUT2D eigenvalue weighted by Gasteiger charge is -2.33. The van der Waals surface area contributed by atoms with Crippen LogP contribution in [0.15, 0.2) is 4.99 Å². The highest BCUT2D eigenvalue weighted by Gasteiger charge is 2.21. The Morgan fingerprint density at radius 2 is 2.17 bits per heavy atom. The molecule has 0 spiro atoms. The van der Waals surface area contributed by atoms with E-state index < -0.39 is 0 Å². The number of aliphatic imine (C=N–C) groups is 1. The molecule has 0 aromatic rings. The van der Waals surface area contributed by atoms with Crippen molar-refractivity contribution >= 4 is 5.96 Å². The zero-order chi connectivity index (χ0) is 13.2. The summed E-state index contributed by atoms with van der Waals surface area (Å²) >= 11 is 0. The number of piperidine rings is 1. The molecule has 1 aliphatic heterocycles. The van der Waals surface area contributed by atoms with Gasteiger partial charge >= 0.3 is 0 Å². The highest BCUT2D eigenvalue weighted by atomic mass is 16.5.